The van der Waals surface area contributed by atoms with Crippen LogP contribution in [0.3, 0.4) is 0 Å². The van der Waals surface area contributed by atoms with Crippen LogP contribution < -0.4 is 0 Å². The first-order valence-electron chi connectivity index (χ1n) is 3.22. The molecule has 0 N–H and O–H groups in total. The molecule has 0 fully saturated rings. The monoisotopic (exact) mass is 208 g/mol. The third-order valence-corrected chi connectivity index (χ3v) is 1.41. The second-order valence-electron chi connectivity index (χ2n) is 2.07. The Kier molecular flexibility index (Phi) is 4.63. The van der Waals surface area contributed by atoms with Crippen LogP contribution in [-0.2, 0) is 0 Å². The van der Waals surface area contributed by atoms with Crippen molar-refractivity contribution in [2.24, 2.45) is 0 Å². The van der Waals surface area contributed by atoms with Crippen LogP contribution in [0.1, 0.15) is 11.1 Å². The van der Waals surface area contributed by atoms with E-state index in [0.29, 0.717) is 0 Å². The van der Waals surface area contributed by atoms with Gasteiger partial charge in [-0.05, 0) is 11.1 Å². The van der Waals surface area contributed by atoms with Crippen LogP contribution in [0.5, 0.6) is 0 Å². The molecule has 1 aromatic carbocycles. The van der Waals surface area contributed by atoms with Crippen molar-refractivity contribution in [3.05, 3.63) is 48.6 Å². The van der Waals surface area contributed by atoms with Crippen molar-refractivity contribution in [2.45, 2.75) is 0 Å². The van der Waals surface area contributed by atoms with Gasteiger partial charge < -0.3 is 0 Å². The standard InChI is InChI=1S/C10H10.GeH4/c1-3-9-5-7-10(4-2)8-6-9;/h3-8H,1-2H2;1H4. The van der Waals surface area contributed by atoms with Gasteiger partial charge in [0.05, 0.1) is 0 Å². The van der Waals surface area contributed by atoms with Crippen LogP contribution in [0.25, 0.3) is 12.2 Å². The van der Waals surface area contributed by atoms with E-state index in [0.717, 1.165) is 11.1 Å². The van der Waals surface area contributed by atoms with Gasteiger partial charge in [0.15, 0.2) is 0 Å². The zero-order valence-corrected chi connectivity index (χ0v) is 5.88. The van der Waals surface area contributed by atoms with Crippen LogP contribution in [0.2, 0.25) is 0 Å². The number of rotatable bonds is 2. The molecule has 0 aliphatic carbocycles. The van der Waals surface area contributed by atoms with E-state index in [1.54, 1.807) is 0 Å². The molecule has 0 radical (unpaired) electrons. The summed E-state index contributed by atoms with van der Waals surface area (Å²) in [4.78, 5) is 0. The van der Waals surface area contributed by atoms with Crippen LogP contribution in [0.15, 0.2) is 37.4 Å². The topological polar surface area (TPSA) is 0 Å². The summed E-state index contributed by atoms with van der Waals surface area (Å²) < 4.78 is 0. The molecule has 1 aromatic rings. The Morgan fingerprint density at radius 3 is 1.27 bits per heavy atom. The van der Waals surface area contributed by atoms with Crippen LogP contribution in [0.4, 0.5) is 0 Å². The molecule has 1 rings (SSSR count). The summed E-state index contributed by atoms with van der Waals surface area (Å²) in [6, 6.07) is 8.07. The van der Waals surface area contributed by atoms with E-state index in [1.165, 1.54) is 0 Å². The van der Waals surface area contributed by atoms with Crippen molar-refractivity contribution in [1.29, 1.82) is 0 Å². The quantitative estimate of drug-likeness (QED) is 0.644. The maximum atomic E-state index is 3.66. The molecule has 0 bridgehead atoms. The van der Waals surface area contributed by atoms with Crippen LogP contribution >= 0.6 is 0 Å². The summed E-state index contributed by atoms with van der Waals surface area (Å²) in [6.45, 7) is 7.32. The van der Waals surface area contributed by atoms with Gasteiger partial charge in [0, 0.05) is 0 Å². The fourth-order valence-electron chi connectivity index (χ4n) is 0.768. The van der Waals surface area contributed by atoms with E-state index < -0.39 is 0 Å². The average Bonchev–Trinajstić information content (AvgIpc) is 2.05. The van der Waals surface area contributed by atoms with E-state index in [4.69, 9.17) is 0 Å². The normalized spacial score (nSPS) is 8.00. The SMILES string of the molecule is C=Cc1ccc(C=C)cc1.[GeH4]. The zero-order valence-electron chi connectivity index (χ0n) is 5.88. The van der Waals surface area contributed by atoms with Crippen molar-refractivity contribution in [3.8, 4) is 0 Å². The van der Waals surface area contributed by atoms with Gasteiger partial charge in [-0.1, -0.05) is 49.6 Å². The minimum atomic E-state index is 0. The predicted octanol–water partition coefficient (Wildman–Crippen LogP) is 1.52. The summed E-state index contributed by atoms with van der Waals surface area (Å²) in [6.07, 6.45) is 3.65. The summed E-state index contributed by atoms with van der Waals surface area (Å²) in [5.74, 6) is 0. The fraction of sp³-hybridized carbons (Fsp3) is 0. The van der Waals surface area contributed by atoms with E-state index in [-0.39, 0.29) is 17.6 Å². The molecule has 11 heavy (non-hydrogen) atoms. The Hall–Kier alpha value is -0.757. The van der Waals surface area contributed by atoms with Gasteiger partial charge in [0.25, 0.3) is 0 Å². The van der Waals surface area contributed by atoms with Crippen molar-refractivity contribution in [1.82, 2.24) is 0 Å². The van der Waals surface area contributed by atoms with Crippen molar-refractivity contribution in [2.75, 3.05) is 0 Å². The molecule has 0 saturated heterocycles. The van der Waals surface area contributed by atoms with E-state index in [1.807, 2.05) is 36.4 Å². The number of benzene rings is 1. The molecule has 0 atom stereocenters. The van der Waals surface area contributed by atoms with Crippen molar-refractivity contribution >= 4 is 29.7 Å². The van der Waals surface area contributed by atoms with Gasteiger partial charge in [0.2, 0.25) is 0 Å². The molecule has 0 aliphatic heterocycles. The Morgan fingerprint density at radius 1 is 0.818 bits per heavy atom. The fourth-order valence-corrected chi connectivity index (χ4v) is 0.768. The first-order chi connectivity index (χ1) is 4.86. The Morgan fingerprint density at radius 2 is 1.09 bits per heavy atom. The summed E-state index contributed by atoms with van der Waals surface area (Å²) >= 11 is 0. The summed E-state index contributed by atoms with van der Waals surface area (Å²) in [7, 11) is 0. The molecule has 0 aliphatic rings. The first kappa shape index (κ1) is 10.2. The van der Waals surface area contributed by atoms with Gasteiger partial charge in [0.1, 0.15) is 0 Å². The molecule has 0 saturated carbocycles. The second kappa shape index (κ2) is 4.97. The third kappa shape index (κ3) is 2.76. The van der Waals surface area contributed by atoms with Crippen molar-refractivity contribution < 1.29 is 0 Å². The Bertz CT molecular complexity index is 207. The van der Waals surface area contributed by atoms with E-state index in [2.05, 4.69) is 13.2 Å². The van der Waals surface area contributed by atoms with Gasteiger partial charge in [-0.2, -0.15) is 0 Å². The molecule has 1 heteroatoms. The van der Waals surface area contributed by atoms with Gasteiger partial charge in [-0.15, -0.1) is 0 Å². The third-order valence-electron chi connectivity index (χ3n) is 1.41. The molecular weight excluding hydrogens is 193 g/mol. The number of hydrogen-bond donors (Lipinski definition) is 0. The van der Waals surface area contributed by atoms with Crippen LogP contribution in [0, 0.1) is 0 Å². The van der Waals surface area contributed by atoms with E-state index in [9.17, 15) is 0 Å². The molecule has 58 valence electrons. The Balaban J connectivity index is 0.000001000. The van der Waals surface area contributed by atoms with Gasteiger partial charge in [-0.25, -0.2) is 0 Å². The summed E-state index contributed by atoms with van der Waals surface area (Å²) in [5, 5.41) is 0. The first-order valence-corrected chi connectivity index (χ1v) is 3.22. The molecule has 0 aromatic heterocycles. The molecule has 0 heterocycles. The summed E-state index contributed by atoms with van der Waals surface area (Å²) in [5.41, 5.74) is 2.29. The molecule has 0 amide bonds. The second-order valence-corrected chi connectivity index (χ2v) is 2.07. The molecule has 0 nitrogen and oxygen atoms in total. The average molecular weight is 207 g/mol. The minimum absolute atomic E-state index is 0. The van der Waals surface area contributed by atoms with E-state index >= 15 is 0 Å². The molecular formula is C10H14Ge. The molecule has 0 unspecified atom stereocenters. The zero-order chi connectivity index (χ0) is 7.40. The number of hydrogen-bond acceptors (Lipinski definition) is 0. The maximum absolute atomic E-state index is 3.66. The van der Waals surface area contributed by atoms with Crippen LogP contribution in [-0.4, -0.2) is 17.6 Å². The van der Waals surface area contributed by atoms with Gasteiger partial charge in [-0.3, -0.25) is 0 Å². The van der Waals surface area contributed by atoms with Crippen molar-refractivity contribution in [3.63, 3.8) is 0 Å². The Labute approximate surface area is 78.6 Å². The predicted molar refractivity (Wildman–Crippen MR) is 58.0 cm³/mol. The van der Waals surface area contributed by atoms with Gasteiger partial charge >= 0.3 is 17.6 Å². The molecule has 0 spiro atoms.